The Morgan fingerprint density at radius 2 is 1.55 bits per heavy atom. The largest absolute Gasteiger partial charge is 0.494 e. The lowest BCUT2D eigenvalue weighted by atomic mass is 10.1. The number of Topliss-reactive ketones (excluding diaryl/α,β-unsaturated/α-hetero) is 2. The Hall–Kier alpha value is -3.48. The van der Waals surface area contributed by atoms with Gasteiger partial charge in [-0.05, 0) is 61.9 Å². The monoisotopic (exact) mass is 423 g/mol. The number of rotatable bonds is 10. The van der Waals surface area contributed by atoms with E-state index < -0.39 is 12.6 Å². The quantitative estimate of drug-likeness (QED) is 0.428. The van der Waals surface area contributed by atoms with Crippen LogP contribution in [0.15, 0.2) is 48.5 Å². The summed E-state index contributed by atoms with van der Waals surface area (Å²) in [5, 5.41) is 0. The molecule has 1 aliphatic rings. The molecule has 0 spiro atoms. The molecule has 0 unspecified atom stereocenters. The Bertz CT molecular complexity index is 949. The molecule has 31 heavy (non-hydrogen) atoms. The summed E-state index contributed by atoms with van der Waals surface area (Å²) in [4.78, 5) is 49.9. The predicted molar refractivity (Wildman–Crippen MR) is 114 cm³/mol. The lowest BCUT2D eigenvalue weighted by Crippen LogP contribution is -2.23. The molecular weight excluding hydrogens is 398 g/mol. The molecule has 1 fully saturated rings. The molecule has 3 rings (SSSR count). The zero-order valence-corrected chi connectivity index (χ0v) is 17.5. The number of anilines is 1. The third-order valence-electron chi connectivity index (χ3n) is 4.98. The number of esters is 1. The summed E-state index contributed by atoms with van der Waals surface area (Å²) in [6.07, 6.45) is 1.27. The smallest absolute Gasteiger partial charge is 0.306 e. The molecule has 1 saturated heterocycles. The Morgan fingerprint density at radius 1 is 0.903 bits per heavy atom. The molecule has 2 aromatic carbocycles. The van der Waals surface area contributed by atoms with Crippen LogP contribution in [0.2, 0.25) is 0 Å². The van der Waals surface area contributed by atoms with Crippen LogP contribution in [-0.2, 0) is 14.3 Å². The summed E-state index contributed by atoms with van der Waals surface area (Å²) in [6.45, 7) is 2.71. The van der Waals surface area contributed by atoms with Crippen molar-refractivity contribution in [2.24, 2.45) is 0 Å². The van der Waals surface area contributed by atoms with Gasteiger partial charge in [0.05, 0.1) is 13.0 Å². The van der Waals surface area contributed by atoms with Gasteiger partial charge in [0.1, 0.15) is 5.75 Å². The molecule has 1 heterocycles. The van der Waals surface area contributed by atoms with E-state index in [0.29, 0.717) is 36.4 Å². The van der Waals surface area contributed by atoms with E-state index in [4.69, 9.17) is 9.47 Å². The van der Waals surface area contributed by atoms with E-state index in [0.717, 1.165) is 12.1 Å². The maximum atomic E-state index is 12.3. The van der Waals surface area contributed by atoms with Gasteiger partial charge in [-0.3, -0.25) is 19.2 Å². The van der Waals surface area contributed by atoms with Crippen LogP contribution in [0, 0.1) is 0 Å². The normalized spacial score (nSPS) is 13.2. The number of nitrogens with zero attached hydrogens (tertiary/aromatic N) is 1. The highest BCUT2D eigenvalue weighted by atomic mass is 16.5. The van der Waals surface area contributed by atoms with Crippen LogP contribution in [0.4, 0.5) is 5.69 Å². The number of carbonyl (C=O) groups is 4. The van der Waals surface area contributed by atoms with Gasteiger partial charge in [0.2, 0.25) is 5.91 Å². The molecule has 1 aliphatic heterocycles. The Kier molecular flexibility index (Phi) is 7.54. The van der Waals surface area contributed by atoms with E-state index in [1.165, 1.54) is 0 Å². The number of hydrogen-bond donors (Lipinski definition) is 0. The van der Waals surface area contributed by atoms with Crippen molar-refractivity contribution in [2.75, 3.05) is 24.7 Å². The number of amides is 1. The molecule has 0 radical (unpaired) electrons. The molecule has 0 saturated carbocycles. The van der Waals surface area contributed by atoms with Gasteiger partial charge in [0, 0.05) is 36.2 Å². The molecule has 0 aromatic heterocycles. The SMILES string of the molecule is CCOc1ccc(C(=O)CCC(=O)OCC(=O)c2ccc(N3CCCC3=O)cc2)cc1. The topological polar surface area (TPSA) is 90.0 Å². The van der Waals surface area contributed by atoms with Crippen LogP contribution in [0.3, 0.4) is 0 Å². The van der Waals surface area contributed by atoms with Gasteiger partial charge in [-0.1, -0.05) is 0 Å². The number of benzene rings is 2. The van der Waals surface area contributed by atoms with Crippen molar-refractivity contribution in [3.05, 3.63) is 59.7 Å². The summed E-state index contributed by atoms with van der Waals surface area (Å²) >= 11 is 0. The average molecular weight is 423 g/mol. The molecule has 2 aromatic rings. The van der Waals surface area contributed by atoms with Crippen LogP contribution in [-0.4, -0.2) is 43.2 Å². The third kappa shape index (κ3) is 6.01. The first-order chi connectivity index (χ1) is 15.0. The summed E-state index contributed by atoms with van der Waals surface area (Å²) in [5.41, 5.74) is 1.64. The van der Waals surface area contributed by atoms with E-state index in [1.807, 2.05) is 6.92 Å². The second kappa shape index (κ2) is 10.5. The fourth-order valence-corrected chi connectivity index (χ4v) is 3.31. The molecule has 7 nitrogen and oxygen atoms in total. The van der Waals surface area contributed by atoms with Crippen molar-refractivity contribution < 1.29 is 28.7 Å². The fourth-order valence-electron chi connectivity index (χ4n) is 3.31. The van der Waals surface area contributed by atoms with Gasteiger partial charge in [-0.15, -0.1) is 0 Å². The van der Waals surface area contributed by atoms with Crippen molar-refractivity contribution in [2.45, 2.75) is 32.6 Å². The van der Waals surface area contributed by atoms with E-state index in [1.54, 1.807) is 53.4 Å². The van der Waals surface area contributed by atoms with Crippen molar-refractivity contribution >= 4 is 29.1 Å². The molecule has 1 amide bonds. The van der Waals surface area contributed by atoms with Gasteiger partial charge in [-0.2, -0.15) is 0 Å². The van der Waals surface area contributed by atoms with Crippen LogP contribution in [0.5, 0.6) is 5.75 Å². The van der Waals surface area contributed by atoms with Crippen LogP contribution >= 0.6 is 0 Å². The van der Waals surface area contributed by atoms with Crippen molar-refractivity contribution in [3.8, 4) is 5.75 Å². The summed E-state index contributed by atoms with van der Waals surface area (Å²) in [6, 6.07) is 13.4. The van der Waals surface area contributed by atoms with Crippen LogP contribution in [0.1, 0.15) is 53.3 Å². The molecular formula is C24H25NO6. The average Bonchev–Trinajstić information content (AvgIpc) is 3.22. The molecule has 7 heteroatoms. The van der Waals surface area contributed by atoms with E-state index >= 15 is 0 Å². The first-order valence-electron chi connectivity index (χ1n) is 10.3. The minimum Gasteiger partial charge on any atom is -0.494 e. The maximum absolute atomic E-state index is 12.3. The fraction of sp³-hybridized carbons (Fsp3) is 0.333. The number of hydrogen-bond acceptors (Lipinski definition) is 6. The highest BCUT2D eigenvalue weighted by molar-refractivity contribution is 6.00. The standard InChI is InChI=1S/C24H25NO6/c1-2-30-20-11-7-17(8-12-20)21(26)13-14-24(29)31-16-22(27)18-5-9-19(10-6-18)25-15-3-4-23(25)28/h5-12H,2-4,13-16H2,1H3. The summed E-state index contributed by atoms with van der Waals surface area (Å²) in [5.74, 6) is -0.374. The number of ether oxygens (including phenoxy) is 2. The van der Waals surface area contributed by atoms with Gasteiger partial charge in [-0.25, -0.2) is 0 Å². The minimum atomic E-state index is -0.605. The third-order valence-corrected chi connectivity index (χ3v) is 4.98. The lowest BCUT2D eigenvalue weighted by molar-refractivity contribution is -0.142. The second-order valence-corrected chi connectivity index (χ2v) is 7.16. The highest BCUT2D eigenvalue weighted by Crippen LogP contribution is 2.21. The first-order valence-corrected chi connectivity index (χ1v) is 10.3. The maximum Gasteiger partial charge on any atom is 0.306 e. The van der Waals surface area contributed by atoms with Gasteiger partial charge < -0.3 is 14.4 Å². The Balaban J connectivity index is 1.43. The van der Waals surface area contributed by atoms with Crippen LogP contribution in [0.25, 0.3) is 0 Å². The van der Waals surface area contributed by atoms with Crippen molar-refractivity contribution in [1.82, 2.24) is 0 Å². The number of carbonyl (C=O) groups excluding carboxylic acids is 4. The molecule has 0 aliphatic carbocycles. The molecule has 0 N–H and O–H groups in total. The number of ketones is 2. The molecule has 0 bridgehead atoms. The van der Waals surface area contributed by atoms with Crippen molar-refractivity contribution in [3.63, 3.8) is 0 Å². The van der Waals surface area contributed by atoms with E-state index in [9.17, 15) is 19.2 Å². The first kappa shape index (κ1) is 22.2. The molecule has 0 atom stereocenters. The van der Waals surface area contributed by atoms with Crippen molar-refractivity contribution in [1.29, 1.82) is 0 Å². The van der Waals surface area contributed by atoms with Gasteiger partial charge >= 0.3 is 5.97 Å². The zero-order valence-electron chi connectivity index (χ0n) is 17.5. The van der Waals surface area contributed by atoms with Gasteiger partial charge in [0.15, 0.2) is 18.2 Å². The summed E-state index contributed by atoms with van der Waals surface area (Å²) in [7, 11) is 0. The Morgan fingerprint density at radius 3 is 2.16 bits per heavy atom. The Labute approximate surface area is 180 Å². The van der Waals surface area contributed by atoms with Crippen LogP contribution < -0.4 is 9.64 Å². The molecule has 162 valence electrons. The lowest BCUT2D eigenvalue weighted by Gasteiger charge is -2.15. The second-order valence-electron chi connectivity index (χ2n) is 7.16. The van der Waals surface area contributed by atoms with Gasteiger partial charge in [0.25, 0.3) is 0 Å². The predicted octanol–water partition coefficient (Wildman–Crippen LogP) is 3.60. The summed E-state index contributed by atoms with van der Waals surface area (Å²) < 4.78 is 10.3. The highest BCUT2D eigenvalue weighted by Gasteiger charge is 2.21. The van der Waals surface area contributed by atoms with E-state index in [2.05, 4.69) is 0 Å². The zero-order chi connectivity index (χ0) is 22.2. The van der Waals surface area contributed by atoms with E-state index in [-0.39, 0.29) is 30.3 Å². The minimum absolute atomic E-state index is 0.000431.